The van der Waals surface area contributed by atoms with E-state index in [2.05, 4.69) is 19.1 Å². The van der Waals surface area contributed by atoms with E-state index in [-0.39, 0.29) is 0 Å². The summed E-state index contributed by atoms with van der Waals surface area (Å²) in [4.78, 5) is 0. The Morgan fingerprint density at radius 2 is 2.22 bits per heavy atom. The van der Waals surface area contributed by atoms with Gasteiger partial charge in [0.05, 0.1) is 0 Å². The van der Waals surface area contributed by atoms with Crippen molar-refractivity contribution in [2.45, 2.75) is 19.3 Å². The number of hydrogen-bond donors (Lipinski definition) is 0. The van der Waals surface area contributed by atoms with Gasteiger partial charge in [-0.3, -0.25) is 0 Å². The van der Waals surface area contributed by atoms with Crippen molar-refractivity contribution in [3.8, 4) is 0 Å². The van der Waals surface area contributed by atoms with E-state index in [0.29, 0.717) is 0 Å². The van der Waals surface area contributed by atoms with Gasteiger partial charge in [-0.2, -0.15) is 0 Å². The van der Waals surface area contributed by atoms with Crippen LogP contribution in [-0.2, 0) is 4.74 Å². The molecule has 1 radical (unpaired) electrons. The summed E-state index contributed by atoms with van der Waals surface area (Å²) in [6.07, 6.45) is 7.35. The Balaban J connectivity index is 2.82. The molecule has 0 atom stereocenters. The molecule has 1 nitrogen and oxygen atoms in total. The first kappa shape index (κ1) is 8.70. The van der Waals surface area contributed by atoms with Gasteiger partial charge in [-0.15, -0.1) is 0 Å². The highest BCUT2D eigenvalue weighted by Gasteiger charge is 1.79. The zero-order chi connectivity index (χ0) is 6.95. The standard InChI is InChI=1S/C8H15O/c1-3-4-5-6-7-8-9-2/h4-5H,1,3,6-8H2,2H3. The second-order valence-corrected chi connectivity index (χ2v) is 1.90. The summed E-state index contributed by atoms with van der Waals surface area (Å²) in [6, 6.07) is 0. The average molecular weight is 127 g/mol. The lowest BCUT2D eigenvalue weighted by Gasteiger charge is -1.91. The quantitative estimate of drug-likeness (QED) is 0.406. The van der Waals surface area contributed by atoms with Gasteiger partial charge in [-0.05, 0) is 26.2 Å². The van der Waals surface area contributed by atoms with E-state index in [1.54, 1.807) is 7.11 Å². The Labute approximate surface area is 57.7 Å². The van der Waals surface area contributed by atoms with Crippen LogP contribution < -0.4 is 0 Å². The number of rotatable bonds is 5. The lowest BCUT2D eigenvalue weighted by molar-refractivity contribution is 0.196. The number of allylic oxidation sites excluding steroid dienone is 2. The third kappa shape index (κ3) is 7.70. The van der Waals surface area contributed by atoms with Crippen molar-refractivity contribution in [2.24, 2.45) is 0 Å². The van der Waals surface area contributed by atoms with Crippen LogP contribution >= 0.6 is 0 Å². The summed E-state index contributed by atoms with van der Waals surface area (Å²) in [5.41, 5.74) is 0. The summed E-state index contributed by atoms with van der Waals surface area (Å²) in [5.74, 6) is 0. The molecular formula is C8H15O. The molecule has 0 N–H and O–H groups in total. The molecule has 0 aromatic carbocycles. The Morgan fingerprint density at radius 1 is 1.44 bits per heavy atom. The van der Waals surface area contributed by atoms with Gasteiger partial charge < -0.3 is 4.74 Å². The number of hydrogen-bond acceptors (Lipinski definition) is 1. The van der Waals surface area contributed by atoms with Crippen molar-refractivity contribution >= 4 is 0 Å². The van der Waals surface area contributed by atoms with E-state index >= 15 is 0 Å². The molecule has 0 bridgehead atoms. The molecule has 0 heterocycles. The first-order valence-electron chi connectivity index (χ1n) is 3.35. The molecule has 0 aromatic rings. The first-order valence-corrected chi connectivity index (χ1v) is 3.35. The van der Waals surface area contributed by atoms with Gasteiger partial charge in [0.1, 0.15) is 0 Å². The molecule has 9 heavy (non-hydrogen) atoms. The lowest BCUT2D eigenvalue weighted by Crippen LogP contribution is -1.85. The van der Waals surface area contributed by atoms with E-state index in [4.69, 9.17) is 4.74 Å². The highest BCUT2D eigenvalue weighted by atomic mass is 16.5. The van der Waals surface area contributed by atoms with Crippen molar-refractivity contribution in [1.82, 2.24) is 0 Å². The molecule has 1 heteroatoms. The molecule has 0 spiro atoms. The van der Waals surface area contributed by atoms with Crippen LogP contribution in [-0.4, -0.2) is 13.7 Å². The van der Waals surface area contributed by atoms with E-state index in [9.17, 15) is 0 Å². The SMILES string of the molecule is [CH2]CC=CCCCOC. The van der Waals surface area contributed by atoms with Crippen LogP contribution in [0.15, 0.2) is 12.2 Å². The van der Waals surface area contributed by atoms with Crippen molar-refractivity contribution in [1.29, 1.82) is 0 Å². The van der Waals surface area contributed by atoms with Gasteiger partial charge in [0, 0.05) is 13.7 Å². The predicted molar refractivity (Wildman–Crippen MR) is 40.2 cm³/mol. The largest absolute Gasteiger partial charge is 0.385 e. The number of methoxy groups -OCH3 is 1. The van der Waals surface area contributed by atoms with Gasteiger partial charge in [0.15, 0.2) is 0 Å². The summed E-state index contributed by atoms with van der Waals surface area (Å²) in [5, 5.41) is 0. The molecule has 0 aliphatic heterocycles. The summed E-state index contributed by atoms with van der Waals surface area (Å²) < 4.78 is 4.87. The van der Waals surface area contributed by atoms with Crippen LogP contribution in [0, 0.1) is 6.92 Å². The Bertz CT molecular complexity index is 67.0. The fraction of sp³-hybridized carbons (Fsp3) is 0.625. The topological polar surface area (TPSA) is 9.23 Å². The zero-order valence-corrected chi connectivity index (χ0v) is 6.10. The molecule has 0 unspecified atom stereocenters. The maximum atomic E-state index is 4.87. The van der Waals surface area contributed by atoms with Gasteiger partial charge in [0.2, 0.25) is 0 Å². The third-order valence-corrected chi connectivity index (χ3v) is 1.05. The minimum Gasteiger partial charge on any atom is -0.385 e. The maximum Gasteiger partial charge on any atom is 0.0465 e. The normalized spacial score (nSPS) is 10.9. The molecule has 0 rings (SSSR count). The first-order chi connectivity index (χ1) is 4.41. The third-order valence-electron chi connectivity index (χ3n) is 1.05. The minimum absolute atomic E-state index is 0.863. The highest BCUT2D eigenvalue weighted by molar-refractivity contribution is 4.81. The van der Waals surface area contributed by atoms with E-state index < -0.39 is 0 Å². The summed E-state index contributed by atoms with van der Waals surface area (Å²) >= 11 is 0. The molecular weight excluding hydrogens is 112 g/mol. The monoisotopic (exact) mass is 127 g/mol. The molecule has 0 saturated heterocycles. The predicted octanol–water partition coefficient (Wildman–Crippen LogP) is 2.19. The van der Waals surface area contributed by atoms with Crippen molar-refractivity contribution in [3.63, 3.8) is 0 Å². The van der Waals surface area contributed by atoms with Crippen LogP contribution in [0.5, 0.6) is 0 Å². The van der Waals surface area contributed by atoms with Gasteiger partial charge >= 0.3 is 0 Å². The van der Waals surface area contributed by atoms with E-state index in [1.807, 2.05) is 0 Å². The number of ether oxygens (including phenoxy) is 1. The molecule has 0 saturated carbocycles. The molecule has 0 aliphatic carbocycles. The highest BCUT2D eigenvalue weighted by Crippen LogP contribution is 1.91. The van der Waals surface area contributed by atoms with E-state index in [1.165, 1.54) is 0 Å². The molecule has 53 valence electrons. The van der Waals surface area contributed by atoms with Gasteiger partial charge in [-0.1, -0.05) is 12.2 Å². The number of unbranched alkanes of at least 4 members (excludes halogenated alkanes) is 1. The average Bonchev–Trinajstić information content (AvgIpc) is 1.89. The maximum absolute atomic E-state index is 4.87. The molecule has 0 aliphatic rings. The Morgan fingerprint density at radius 3 is 2.78 bits per heavy atom. The van der Waals surface area contributed by atoms with Crippen molar-refractivity contribution in [2.75, 3.05) is 13.7 Å². The van der Waals surface area contributed by atoms with Crippen molar-refractivity contribution < 1.29 is 4.74 Å². The summed E-state index contributed by atoms with van der Waals surface area (Å²) in [7, 11) is 1.73. The smallest absolute Gasteiger partial charge is 0.0465 e. The Hall–Kier alpha value is -0.300. The summed E-state index contributed by atoms with van der Waals surface area (Å²) in [6.45, 7) is 4.55. The second kappa shape index (κ2) is 7.70. The molecule has 0 aromatic heterocycles. The Kier molecular flexibility index (Phi) is 7.44. The minimum atomic E-state index is 0.863. The molecule has 0 fully saturated rings. The van der Waals surface area contributed by atoms with Crippen LogP contribution in [0.2, 0.25) is 0 Å². The van der Waals surface area contributed by atoms with Crippen molar-refractivity contribution in [3.05, 3.63) is 19.1 Å². The lowest BCUT2D eigenvalue weighted by atomic mass is 10.3. The fourth-order valence-electron chi connectivity index (χ4n) is 0.581. The van der Waals surface area contributed by atoms with Gasteiger partial charge in [0.25, 0.3) is 0 Å². The van der Waals surface area contributed by atoms with Gasteiger partial charge in [-0.25, -0.2) is 0 Å². The zero-order valence-electron chi connectivity index (χ0n) is 6.10. The van der Waals surface area contributed by atoms with Crippen LogP contribution in [0.25, 0.3) is 0 Å². The fourth-order valence-corrected chi connectivity index (χ4v) is 0.581. The second-order valence-electron chi connectivity index (χ2n) is 1.90. The van der Waals surface area contributed by atoms with Crippen LogP contribution in [0.4, 0.5) is 0 Å². The van der Waals surface area contributed by atoms with E-state index in [0.717, 1.165) is 25.9 Å². The van der Waals surface area contributed by atoms with Crippen LogP contribution in [0.1, 0.15) is 19.3 Å². The van der Waals surface area contributed by atoms with Crippen LogP contribution in [0.3, 0.4) is 0 Å². The molecule has 0 amide bonds.